The van der Waals surface area contributed by atoms with Gasteiger partial charge in [-0.1, -0.05) is 196 Å². The third-order valence-corrected chi connectivity index (χ3v) is 8.23. The lowest BCUT2D eigenvalue weighted by molar-refractivity contribution is -0.136. The summed E-state index contributed by atoms with van der Waals surface area (Å²) in [6, 6.07) is 0. The molecule has 1 unspecified atom stereocenters. The predicted octanol–water partition coefficient (Wildman–Crippen LogP) is 11.4. The van der Waals surface area contributed by atoms with Crippen LogP contribution in [0.3, 0.4) is 0 Å². The molecule has 0 aliphatic heterocycles. The molecular formula is C30H59IO2. The molecular weight excluding hydrogens is 519 g/mol. The molecule has 0 radical (unpaired) electrons. The summed E-state index contributed by atoms with van der Waals surface area (Å²) in [4.78, 5) is 10.8. The van der Waals surface area contributed by atoms with Gasteiger partial charge in [0, 0.05) is 0 Å². The van der Waals surface area contributed by atoms with Crippen LogP contribution in [0.2, 0.25) is 0 Å². The molecule has 33 heavy (non-hydrogen) atoms. The van der Waals surface area contributed by atoms with Gasteiger partial charge in [-0.2, -0.15) is 0 Å². The fourth-order valence-corrected chi connectivity index (χ4v) is 5.20. The van der Waals surface area contributed by atoms with Crippen LogP contribution in [-0.2, 0) is 4.79 Å². The lowest BCUT2D eigenvalue weighted by Gasteiger charge is -2.05. The second kappa shape index (κ2) is 28.4. The molecule has 2 nitrogen and oxygen atoms in total. The van der Waals surface area contributed by atoms with Crippen molar-refractivity contribution in [3.8, 4) is 0 Å². The number of carbonyl (C=O) groups is 1. The Morgan fingerprint density at radius 3 is 0.909 bits per heavy atom. The normalized spacial score (nSPS) is 12.3. The van der Waals surface area contributed by atoms with Crippen LogP contribution in [-0.4, -0.2) is 15.0 Å². The van der Waals surface area contributed by atoms with Crippen LogP contribution in [0.25, 0.3) is 0 Å². The van der Waals surface area contributed by atoms with E-state index >= 15 is 0 Å². The number of aliphatic carboxylic acids is 1. The molecule has 0 rings (SSSR count). The molecule has 0 aliphatic carbocycles. The molecule has 0 fully saturated rings. The lowest BCUT2D eigenvalue weighted by atomic mass is 10.0. The van der Waals surface area contributed by atoms with Crippen LogP contribution >= 0.6 is 22.6 Å². The van der Waals surface area contributed by atoms with E-state index in [1.54, 1.807) is 0 Å². The zero-order valence-electron chi connectivity index (χ0n) is 22.4. The van der Waals surface area contributed by atoms with E-state index in [0.717, 1.165) is 12.8 Å². The third-order valence-electron chi connectivity index (χ3n) is 7.08. The number of unbranched alkanes of at least 4 members (excludes halogenated alkanes) is 25. The Morgan fingerprint density at radius 1 is 0.485 bits per heavy atom. The minimum Gasteiger partial charge on any atom is -0.480 e. The summed E-state index contributed by atoms with van der Waals surface area (Å²) in [5, 5.41) is 8.87. The van der Waals surface area contributed by atoms with Crippen molar-refractivity contribution in [3.63, 3.8) is 0 Å². The summed E-state index contributed by atoms with van der Waals surface area (Å²) in [6.07, 6.45) is 37.5. The highest BCUT2D eigenvalue weighted by Crippen LogP contribution is 2.17. The molecule has 0 aliphatic rings. The summed E-state index contributed by atoms with van der Waals surface area (Å²) < 4.78 is -0.197. The monoisotopic (exact) mass is 578 g/mol. The zero-order chi connectivity index (χ0) is 24.2. The molecule has 0 aromatic heterocycles. The van der Waals surface area contributed by atoms with Crippen molar-refractivity contribution in [3.05, 3.63) is 0 Å². The van der Waals surface area contributed by atoms with Gasteiger partial charge in [0.05, 0.1) is 0 Å². The number of rotatable bonds is 28. The number of hydrogen-bond acceptors (Lipinski definition) is 1. The molecule has 0 bridgehead atoms. The van der Waals surface area contributed by atoms with Crippen molar-refractivity contribution in [2.24, 2.45) is 0 Å². The van der Waals surface area contributed by atoms with Gasteiger partial charge in [-0.25, -0.2) is 0 Å². The van der Waals surface area contributed by atoms with E-state index in [-0.39, 0.29) is 3.92 Å². The first-order valence-electron chi connectivity index (χ1n) is 15.0. The second-order valence-electron chi connectivity index (χ2n) is 10.4. The van der Waals surface area contributed by atoms with Gasteiger partial charge in [0.25, 0.3) is 0 Å². The number of hydrogen-bond donors (Lipinski definition) is 1. The van der Waals surface area contributed by atoms with Gasteiger partial charge in [-0.15, -0.1) is 0 Å². The maximum Gasteiger partial charge on any atom is 0.316 e. The van der Waals surface area contributed by atoms with E-state index in [9.17, 15) is 4.79 Å². The van der Waals surface area contributed by atoms with Crippen LogP contribution in [0, 0.1) is 0 Å². The highest BCUT2D eigenvalue weighted by atomic mass is 127. The van der Waals surface area contributed by atoms with Gasteiger partial charge in [-0.05, 0) is 6.42 Å². The van der Waals surface area contributed by atoms with Crippen LogP contribution in [0.1, 0.15) is 180 Å². The minimum absolute atomic E-state index is 0.197. The van der Waals surface area contributed by atoms with Gasteiger partial charge >= 0.3 is 5.97 Å². The number of carboxylic acids is 1. The van der Waals surface area contributed by atoms with E-state index in [1.807, 2.05) is 22.6 Å². The van der Waals surface area contributed by atoms with Gasteiger partial charge in [0.15, 0.2) is 0 Å². The molecule has 0 saturated carbocycles. The topological polar surface area (TPSA) is 37.3 Å². The van der Waals surface area contributed by atoms with Crippen molar-refractivity contribution in [2.75, 3.05) is 0 Å². The van der Waals surface area contributed by atoms with Gasteiger partial charge < -0.3 is 5.11 Å². The van der Waals surface area contributed by atoms with Crippen molar-refractivity contribution in [1.82, 2.24) is 0 Å². The molecule has 1 N–H and O–H groups in total. The largest absolute Gasteiger partial charge is 0.480 e. The number of halogens is 1. The standard InChI is InChI=1S/C30H59IO2/c1-2-3-4-5-6-7-8-9-10-11-12-13-14-15-16-17-18-19-20-21-22-23-24-25-26-27-28-29(31)30(32)33/h29H,2-28H2,1H3,(H,32,33). The summed E-state index contributed by atoms with van der Waals surface area (Å²) in [7, 11) is 0. The molecule has 198 valence electrons. The first kappa shape index (κ1) is 33.2. The maximum absolute atomic E-state index is 10.8. The molecule has 0 saturated heterocycles. The SMILES string of the molecule is CCCCCCCCCCCCCCCCCCCCCCCCCCCCC(I)C(=O)O. The summed E-state index contributed by atoms with van der Waals surface area (Å²) in [5.74, 6) is -0.657. The first-order chi connectivity index (χ1) is 16.2. The zero-order valence-corrected chi connectivity index (χ0v) is 24.6. The van der Waals surface area contributed by atoms with E-state index in [4.69, 9.17) is 5.11 Å². The highest BCUT2D eigenvalue weighted by Gasteiger charge is 2.11. The lowest BCUT2D eigenvalue weighted by Crippen LogP contribution is -2.11. The van der Waals surface area contributed by atoms with Gasteiger partial charge in [0.2, 0.25) is 0 Å². The molecule has 0 heterocycles. The van der Waals surface area contributed by atoms with Crippen molar-refractivity contribution in [2.45, 2.75) is 184 Å². The number of carboxylic acid groups (broad SMARTS) is 1. The van der Waals surface area contributed by atoms with E-state index < -0.39 is 5.97 Å². The molecule has 1 atom stereocenters. The highest BCUT2D eigenvalue weighted by molar-refractivity contribution is 14.1. The smallest absolute Gasteiger partial charge is 0.316 e. The quantitative estimate of drug-likeness (QED) is 0.0570. The fourth-order valence-electron chi connectivity index (χ4n) is 4.76. The molecule has 3 heteroatoms. The Balaban J connectivity index is 3.04. The Hall–Kier alpha value is 0.200. The van der Waals surface area contributed by atoms with Crippen molar-refractivity contribution in [1.29, 1.82) is 0 Å². The maximum atomic E-state index is 10.8. The summed E-state index contributed by atoms with van der Waals surface area (Å²) in [6.45, 7) is 2.30. The fraction of sp³-hybridized carbons (Fsp3) is 0.967. The Kier molecular flexibility index (Phi) is 28.6. The Bertz CT molecular complexity index is 385. The molecule has 0 amide bonds. The Morgan fingerprint density at radius 2 is 0.697 bits per heavy atom. The Labute approximate surface area is 222 Å². The van der Waals surface area contributed by atoms with Crippen LogP contribution in [0.5, 0.6) is 0 Å². The summed E-state index contributed by atoms with van der Waals surface area (Å²) >= 11 is 2.04. The van der Waals surface area contributed by atoms with E-state index in [2.05, 4.69) is 6.92 Å². The van der Waals surface area contributed by atoms with E-state index in [1.165, 1.54) is 161 Å². The average molecular weight is 579 g/mol. The van der Waals surface area contributed by atoms with Crippen LogP contribution < -0.4 is 0 Å². The number of alkyl halides is 1. The predicted molar refractivity (Wildman–Crippen MR) is 156 cm³/mol. The molecule has 0 aromatic carbocycles. The average Bonchev–Trinajstić information content (AvgIpc) is 2.81. The summed E-state index contributed by atoms with van der Waals surface area (Å²) in [5.41, 5.74) is 0. The minimum atomic E-state index is -0.657. The van der Waals surface area contributed by atoms with Crippen molar-refractivity contribution < 1.29 is 9.90 Å². The van der Waals surface area contributed by atoms with Crippen LogP contribution in [0.15, 0.2) is 0 Å². The van der Waals surface area contributed by atoms with Gasteiger partial charge in [0.1, 0.15) is 3.92 Å². The first-order valence-corrected chi connectivity index (χ1v) is 16.3. The van der Waals surface area contributed by atoms with Crippen LogP contribution in [0.4, 0.5) is 0 Å². The second-order valence-corrected chi connectivity index (χ2v) is 11.9. The third kappa shape index (κ3) is 28.3. The molecule has 0 aromatic rings. The molecule has 0 spiro atoms. The van der Waals surface area contributed by atoms with E-state index in [0.29, 0.717) is 0 Å². The van der Waals surface area contributed by atoms with Crippen molar-refractivity contribution >= 4 is 28.6 Å². The van der Waals surface area contributed by atoms with Gasteiger partial charge in [-0.3, -0.25) is 4.79 Å².